The highest BCUT2D eigenvalue weighted by atomic mass is 19.4. The summed E-state index contributed by atoms with van der Waals surface area (Å²) >= 11 is 0. The van der Waals surface area contributed by atoms with Crippen LogP contribution in [0.25, 0.3) is 11.0 Å². The molecular weight excluding hydrogens is 565 g/mol. The highest BCUT2D eigenvalue weighted by molar-refractivity contribution is 6.04. The van der Waals surface area contributed by atoms with Crippen molar-refractivity contribution in [2.75, 3.05) is 31.5 Å². The van der Waals surface area contributed by atoms with Crippen molar-refractivity contribution in [1.82, 2.24) is 24.3 Å². The maximum absolute atomic E-state index is 13.3. The molecule has 2 aromatic heterocycles. The molecule has 13 heteroatoms. The number of piperidine rings is 1. The summed E-state index contributed by atoms with van der Waals surface area (Å²) in [5, 5.41) is 2.71. The highest BCUT2D eigenvalue weighted by Gasteiger charge is 2.34. The van der Waals surface area contributed by atoms with Crippen molar-refractivity contribution < 1.29 is 32.3 Å². The fourth-order valence-electron chi connectivity index (χ4n) is 5.68. The van der Waals surface area contributed by atoms with Crippen molar-refractivity contribution in [2.24, 2.45) is 0 Å². The number of pyridine rings is 1. The molecule has 0 saturated carbocycles. The molecule has 0 bridgehead atoms. The maximum Gasteiger partial charge on any atom is 0.433 e. The number of hydrogen-bond donors (Lipinski definition) is 1. The average molecular weight is 599 g/mol. The van der Waals surface area contributed by atoms with Crippen molar-refractivity contribution in [3.05, 3.63) is 60.4 Å². The van der Waals surface area contributed by atoms with Gasteiger partial charge < -0.3 is 19.1 Å². The average Bonchev–Trinajstić information content (AvgIpc) is 3.17. The summed E-state index contributed by atoms with van der Waals surface area (Å²) in [5.74, 6) is -0.322. The van der Waals surface area contributed by atoms with Gasteiger partial charge in [0.1, 0.15) is 23.1 Å². The van der Waals surface area contributed by atoms with Crippen LogP contribution in [0.1, 0.15) is 61.1 Å². The fourth-order valence-corrected chi connectivity index (χ4v) is 5.68. The van der Waals surface area contributed by atoms with Crippen LogP contribution in [0, 0.1) is 0 Å². The zero-order valence-electron chi connectivity index (χ0n) is 23.8. The van der Waals surface area contributed by atoms with Crippen molar-refractivity contribution in [3.8, 4) is 5.75 Å². The molecule has 2 aliphatic heterocycles. The van der Waals surface area contributed by atoms with Gasteiger partial charge in [0.2, 0.25) is 17.8 Å². The summed E-state index contributed by atoms with van der Waals surface area (Å²) in [4.78, 5) is 49.2. The molecule has 2 saturated heterocycles. The Morgan fingerprint density at radius 1 is 1.07 bits per heavy atom. The third-order valence-electron chi connectivity index (χ3n) is 7.89. The largest absolute Gasteiger partial charge is 0.488 e. The van der Waals surface area contributed by atoms with Gasteiger partial charge in [0.25, 0.3) is 5.91 Å². The summed E-state index contributed by atoms with van der Waals surface area (Å²) in [6.45, 7) is 7.17. The van der Waals surface area contributed by atoms with E-state index in [-0.39, 0.29) is 35.5 Å². The van der Waals surface area contributed by atoms with Gasteiger partial charge in [0.15, 0.2) is 0 Å². The molecule has 1 N–H and O–H groups in total. The number of imidazole rings is 1. The van der Waals surface area contributed by atoms with E-state index >= 15 is 0 Å². The minimum Gasteiger partial charge on any atom is -0.488 e. The molecule has 0 unspecified atom stereocenters. The van der Waals surface area contributed by atoms with Gasteiger partial charge in [-0.25, -0.2) is 4.98 Å². The number of carbonyl (C=O) groups is 3. The molecule has 4 heterocycles. The van der Waals surface area contributed by atoms with Gasteiger partial charge in [-0.3, -0.25) is 24.7 Å². The Hall–Kier alpha value is -4.42. The topological polar surface area (TPSA) is 110 Å². The van der Waals surface area contributed by atoms with E-state index in [0.29, 0.717) is 68.3 Å². The quantitative estimate of drug-likeness (QED) is 0.407. The first-order valence-corrected chi connectivity index (χ1v) is 14.2. The second kappa shape index (κ2) is 12.4. The van der Waals surface area contributed by atoms with E-state index in [4.69, 9.17) is 4.74 Å². The third kappa shape index (κ3) is 6.65. The number of nitrogens with one attached hydrogen (secondary N) is 1. The SMILES string of the molecule is C=CC(=O)N1CCCC[C@@H](n2c(NC(=O)c3ccnc(C(F)(F)F)c3)nc3cccc(OC4CCN(C(C)=O)CC4)c32)C1. The third-order valence-corrected chi connectivity index (χ3v) is 7.89. The second-order valence-corrected chi connectivity index (χ2v) is 10.8. The van der Waals surface area contributed by atoms with E-state index < -0.39 is 17.8 Å². The lowest BCUT2D eigenvalue weighted by Crippen LogP contribution is -2.40. The Labute approximate surface area is 246 Å². The van der Waals surface area contributed by atoms with Gasteiger partial charge in [0.05, 0.1) is 11.6 Å². The molecule has 43 heavy (non-hydrogen) atoms. The van der Waals surface area contributed by atoms with Gasteiger partial charge in [-0.05, 0) is 49.6 Å². The number of alkyl halides is 3. The molecule has 0 aliphatic carbocycles. The minimum atomic E-state index is -4.71. The molecule has 10 nitrogen and oxygen atoms in total. The van der Waals surface area contributed by atoms with Crippen LogP contribution in [-0.2, 0) is 15.8 Å². The lowest BCUT2D eigenvalue weighted by atomic mass is 10.1. The van der Waals surface area contributed by atoms with Crippen LogP contribution >= 0.6 is 0 Å². The van der Waals surface area contributed by atoms with Gasteiger partial charge in [0, 0.05) is 57.7 Å². The van der Waals surface area contributed by atoms with Gasteiger partial charge in [-0.1, -0.05) is 12.6 Å². The number of benzene rings is 1. The Balaban J connectivity index is 1.54. The van der Waals surface area contributed by atoms with Crippen LogP contribution < -0.4 is 10.1 Å². The Kier molecular flexibility index (Phi) is 8.69. The number of para-hydroxylation sites is 1. The maximum atomic E-state index is 13.3. The number of fused-ring (bicyclic) bond motifs is 1. The van der Waals surface area contributed by atoms with E-state index in [1.165, 1.54) is 12.1 Å². The predicted molar refractivity (Wildman–Crippen MR) is 152 cm³/mol. The number of hydrogen-bond acceptors (Lipinski definition) is 6. The number of rotatable bonds is 6. The summed E-state index contributed by atoms with van der Waals surface area (Å²) in [7, 11) is 0. The molecular formula is C30H33F3N6O4. The number of nitrogens with zero attached hydrogens (tertiary/aromatic N) is 5. The smallest absolute Gasteiger partial charge is 0.433 e. The molecule has 0 radical (unpaired) electrons. The number of likely N-dealkylation sites (tertiary alicyclic amines) is 2. The van der Waals surface area contributed by atoms with E-state index in [1.54, 1.807) is 28.9 Å². The van der Waals surface area contributed by atoms with Crippen LogP contribution in [0.3, 0.4) is 0 Å². The van der Waals surface area contributed by atoms with Crippen LogP contribution in [0.4, 0.5) is 19.1 Å². The fraction of sp³-hybridized carbons (Fsp3) is 0.433. The predicted octanol–water partition coefficient (Wildman–Crippen LogP) is 4.83. The summed E-state index contributed by atoms with van der Waals surface area (Å²) in [5.41, 5.74) is -0.276. The van der Waals surface area contributed by atoms with Crippen molar-refractivity contribution >= 4 is 34.7 Å². The molecule has 3 aromatic rings. The monoisotopic (exact) mass is 598 g/mol. The Morgan fingerprint density at radius 3 is 2.53 bits per heavy atom. The zero-order valence-corrected chi connectivity index (χ0v) is 23.8. The van der Waals surface area contributed by atoms with Crippen LogP contribution in [0.15, 0.2) is 49.2 Å². The first-order chi connectivity index (χ1) is 20.5. The molecule has 2 fully saturated rings. The lowest BCUT2D eigenvalue weighted by Gasteiger charge is -2.32. The summed E-state index contributed by atoms with van der Waals surface area (Å²) in [6.07, 6.45) is 0.850. The van der Waals surface area contributed by atoms with Crippen LogP contribution in [0.5, 0.6) is 5.75 Å². The van der Waals surface area contributed by atoms with Crippen LogP contribution in [0.2, 0.25) is 0 Å². The van der Waals surface area contributed by atoms with Crippen LogP contribution in [-0.4, -0.2) is 74.3 Å². The van der Waals surface area contributed by atoms with Gasteiger partial charge in [-0.2, -0.15) is 13.2 Å². The van der Waals surface area contributed by atoms with Crippen molar-refractivity contribution in [3.63, 3.8) is 0 Å². The molecule has 1 atom stereocenters. The molecule has 5 rings (SSSR count). The first kappa shape index (κ1) is 30.1. The summed E-state index contributed by atoms with van der Waals surface area (Å²) < 4.78 is 48.2. The molecule has 0 spiro atoms. The first-order valence-electron chi connectivity index (χ1n) is 14.2. The van der Waals surface area contributed by atoms with E-state index in [0.717, 1.165) is 19.0 Å². The Morgan fingerprint density at radius 2 is 1.84 bits per heavy atom. The molecule has 1 aromatic carbocycles. The summed E-state index contributed by atoms with van der Waals surface area (Å²) in [6, 6.07) is 6.94. The number of carbonyl (C=O) groups excluding carboxylic acids is 3. The van der Waals surface area contributed by atoms with E-state index in [1.807, 2.05) is 10.6 Å². The molecule has 3 amide bonds. The van der Waals surface area contributed by atoms with Crippen molar-refractivity contribution in [2.45, 2.75) is 57.3 Å². The molecule has 228 valence electrons. The van der Waals surface area contributed by atoms with Gasteiger partial charge in [-0.15, -0.1) is 0 Å². The number of aromatic nitrogens is 3. The Bertz CT molecular complexity index is 1530. The van der Waals surface area contributed by atoms with Crippen molar-refractivity contribution in [1.29, 1.82) is 0 Å². The highest BCUT2D eigenvalue weighted by Crippen LogP contribution is 2.36. The lowest BCUT2D eigenvalue weighted by molar-refractivity contribution is -0.141. The van der Waals surface area contributed by atoms with E-state index in [9.17, 15) is 27.6 Å². The minimum absolute atomic E-state index is 0.0163. The zero-order chi connectivity index (χ0) is 30.7. The normalized spacial score (nSPS) is 18.3. The number of halogens is 3. The number of ether oxygens (including phenoxy) is 1. The standard InChI is InChI=1S/C30H33F3N6O4/c1-3-26(41)38-14-5-4-7-21(18-38)39-27-23(8-6-9-24(27)43-22-11-15-37(16-12-22)19(2)40)35-29(39)36-28(42)20-10-13-34-25(17-20)30(31,32)33/h3,6,8-10,13,17,21-22H,1,4-5,7,11-12,14-16,18H2,2H3,(H,35,36,42)/t21-/m1/s1. The second-order valence-electron chi connectivity index (χ2n) is 10.8. The van der Waals surface area contributed by atoms with E-state index in [2.05, 4.69) is 21.9 Å². The number of anilines is 1. The number of amides is 3. The molecule has 2 aliphatic rings. The van der Waals surface area contributed by atoms with Gasteiger partial charge >= 0.3 is 6.18 Å².